The maximum atomic E-state index is 12.8. The predicted octanol–water partition coefficient (Wildman–Crippen LogP) is 4.35. The average Bonchev–Trinajstić information content (AvgIpc) is 3.23. The standard InChI is InChI=1S/C22H24N2O2S/c1-2-3-13-24-16-18(20-10-7-14-27-20)15-19(22(24)26)21(25)23-12-11-17-8-5-4-6-9-17/h4-10,14-16H,2-3,11-13H2,1H3,(H,23,25). The van der Waals surface area contributed by atoms with Gasteiger partial charge in [0.25, 0.3) is 11.5 Å². The zero-order chi connectivity index (χ0) is 19.1. The van der Waals surface area contributed by atoms with Crippen LogP contribution in [-0.2, 0) is 13.0 Å². The maximum absolute atomic E-state index is 12.8. The third-order valence-corrected chi connectivity index (χ3v) is 5.35. The second-order valence-electron chi connectivity index (χ2n) is 6.46. The van der Waals surface area contributed by atoms with Crippen molar-refractivity contribution in [1.82, 2.24) is 9.88 Å². The first kappa shape index (κ1) is 19.1. The number of unbranched alkanes of at least 4 members (excludes halogenated alkanes) is 1. The molecule has 1 amide bonds. The van der Waals surface area contributed by atoms with E-state index in [0.29, 0.717) is 13.1 Å². The fraction of sp³-hybridized carbons (Fsp3) is 0.273. The number of rotatable bonds is 8. The topological polar surface area (TPSA) is 51.1 Å². The molecule has 140 valence electrons. The van der Waals surface area contributed by atoms with Crippen molar-refractivity contribution in [2.75, 3.05) is 6.54 Å². The molecule has 0 aliphatic rings. The van der Waals surface area contributed by atoms with Crippen LogP contribution in [-0.4, -0.2) is 17.0 Å². The number of aryl methyl sites for hydroxylation is 1. The first-order chi connectivity index (χ1) is 13.2. The van der Waals surface area contributed by atoms with E-state index in [1.165, 1.54) is 0 Å². The number of nitrogens with zero attached hydrogens (tertiary/aromatic N) is 1. The summed E-state index contributed by atoms with van der Waals surface area (Å²) in [5.74, 6) is -0.306. The lowest BCUT2D eigenvalue weighted by Gasteiger charge is -2.11. The molecule has 1 N–H and O–H groups in total. The predicted molar refractivity (Wildman–Crippen MR) is 111 cm³/mol. The number of pyridine rings is 1. The van der Waals surface area contributed by atoms with Crippen molar-refractivity contribution in [3.8, 4) is 10.4 Å². The largest absolute Gasteiger partial charge is 0.352 e. The van der Waals surface area contributed by atoms with Gasteiger partial charge in [0, 0.05) is 29.7 Å². The van der Waals surface area contributed by atoms with Crippen LogP contribution in [0.2, 0.25) is 0 Å². The number of hydrogen-bond acceptors (Lipinski definition) is 3. The highest BCUT2D eigenvalue weighted by atomic mass is 32.1. The summed E-state index contributed by atoms with van der Waals surface area (Å²) in [4.78, 5) is 26.5. The summed E-state index contributed by atoms with van der Waals surface area (Å²) in [7, 11) is 0. The van der Waals surface area contributed by atoms with Gasteiger partial charge in [0.2, 0.25) is 0 Å². The van der Waals surface area contributed by atoms with E-state index in [9.17, 15) is 9.59 Å². The number of carbonyl (C=O) groups excluding carboxylic acids is 1. The third kappa shape index (κ3) is 4.95. The Labute approximate surface area is 163 Å². The molecule has 3 aromatic rings. The Balaban J connectivity index is 1.80. The van der Waals surface area contributed by atoms with Crippen LogP contribution in [0.1, 0.15) is 35.7 Å². The Morgan fingerprint density at radius 3 is 2.67 bits per heavy atom. The normalized spacial score (nSPS) is 10.7. The van der Waals surface area contributed by atoms with Gasteiger partial charge in [-0.2, -0.15) is 0 Å². The molecule has 0 unspecified atom stereocenters. The van der Waals surface area contributed by atoms with E-state index in [-0.39, 0.29) is 17.0 Å². The van der Waals surface area contributed by atoms with E-state index in [1.54, 1.807) is 22.0 Å². The van der Waals surface area contributed by atoms with Crippen LogP contribution >= 0.6 is 11.3 Å². The highest BCUT2D eigenvalue weighted by Gasteiger charge is 2.15. The van der Waals surface area contributed by atoms with Crippen molar-refractivity contribution in [2.24, 2.45) is 0 Å². The van der Waals surface area contributed by atoms with Crippen LogP contribution in [0, 0.1) is 0 Å². The Morgan fingerprint density at radius 1 is 1.15 bits per heavy atom. The van der Waals surface area contributed by atoms with Crippen molar-refractivity contribution in [1.29, 1.82) is 0 Å². The Kier molecular flexibility index (Phi) is 6.60. The molecule has 4 nitrogen and oxygen atoms in total. The lowest BCUT2D eigenvalue weighted by molar-refractivity contribution is 0.0952. The van der Waals surface area contributed by atoms with Gasteiger partial charge in [0.15, 0.2) is 0 Å². The number of aromatic nitrogens is 1. The van der Waals surface area contributed by atoms with Gasteiger partial charge in [-0.3, -0.25) is 9.59 Å². The lowest BCUT2D eigenvalue weighted by atomic mass is 10.1. The van der Waals surface area contributed by atoms with Crippen molar-refractivity contribution < 1.29 is 4.79 Å². The number of amides is 1. The highest BCUT2D eigenvalue weighted by molar-refractivity contribution is 7.13. The van der Waals surface area contributed by atoms with Gasteiger partial charge < -0.3 is 9.88 Å². The van der Waals surface area contributed by atoms with Crippen molar-refractivity contribution in [3.63, 3.8) is 0 Å². The van der Waals surface area contributed by atoms with Crippen LogP contribution in [0.15, 0.2) is 64.9 Å². The monoisotopic (exact) mass is 380 g/mol. The van der Waals surface area contributed by atoms with Gasteiger partial charge >= 0.3 is 0 Å². The van der Waals surface area contributed by atoms with Gasteiger partial charge in [-0.1, -0.05) is 49.7 Å². The molecule has 0 radical (unpaired) electrons. The summed E-state index contributed by atoms with van der Waals surface area (Å²) >= 11 is 1.60. The molecule has 2 aromatic heterocycles. The minimum atomic E-state index is -0.306. The van der Waals surface area contributed by atoms with Crippen molar-refractivity contribution in [2.45, 2.75) is 32.7 Å². The second-order valence-corrected chi connectivity index (χ2v) is 7.41. The Bertz CT molecular complexity index is 931. The average molecular weight is 381 g/mol. The summed E-state index contributed by atoms with van der Waals surface area (Å²) < 4.78 is 1.67. The number of hydrogen-bond donors (Lipinski definition) is 1. The minimum Gasteiger partial charge on any atom is -0.352 e. The molecule has 0 saturated heterocycles. The molecule has 0 aliphatic carbocycles. The summed E-state index contributed by atoms with van der Waals surface area (Å²) in [5.41, 5.74) is 2.06. The molecule has 0 fully saturated rings. The van der Waals surface area contributed by atoms with E-state index in [1.807, 2.05) is 54.0 Å². The van der Waals surface area contributed by atoms with Crippen LogP contribution in [0.25, 0.3) is 10.4 Å². The fourth-order valence-electron chi connectivity index (χ4n) is 2.93. The molecule has 0 aliphatic heterocycles. The number of benzene rings is 1. The molecule has 2 heterocycles. The summed E-state index contributed by atoms with van der Waals surface area (Å²) in [5, 5.41) is 4.89. The lowest BCUT2D eigenvalue weighted by Crippen LogP contribution is -2.34. The van der Waals surface area contributed by atoms with E-state index in [2.05, 4.69) is 12.2 Å². The van der Waals surface area contributed by atoms with Gasteiger partial charge in [-0.15, -0.1) is 11.3 Å². The van der Waals surface area contributed by atoms with E-state index >= 15 is 0 Å². The van der Waals surface area contributed by atoms with Crippen molar-refractivity contribution >= 4 is 17.2 Å². The molecule has 1 aromatic carbocycles. The molecule has 0 saturated carbocycles. The molecular weight excluding hydrogens is 356 g/mol. The van der Waals surface area contributed by atoms with Crippen molar-refractivity contribution in [3.05, 3.63) is 81.6 Å². The van der Waals surface area contributed by atoms with Crippen LogP contribution < -0.4 is 10.9 Å². The number of nitrogens with one attached hydrogen (secondary N) is 1. The number of carbonyl (C=O) groups is 1. The molecular formula is C22H24N2O2S. The summed E-state index contributed by atoms with van der Waals surface area (Å²) in [6.45, 7) is 3.21. The van der Waals surface area contributed by atoms with Gasteiger partial charge in [-0.25, -0.2) is 0 Å². The second kappa shape index (κ2) is 9.33. The Morgan fingerprint density at radius 2 is 1.96 bits per heavy atom. The quantitative estimate of drug-likeness (QED) is 0.632. The minimum absolute atomic E-state index is 0.213. The molecule has 0 spiro atoms. The Hall–Kier alpha value is -2.66. The molecule has 3 rings (SSSR count). The van der Waals surface area contributed by atoms with Gasteiger partial charge in [0.05, 0.1) is 0 Å². The third-order valence-electron chi connectivity index (χ3n) is 4.43. The summed E-state index contributed by atoms with van der Waals surface area (Å²) in [6.07, 6.45) is 4.50. The molecule has 5 heteroatoms. The van der Waals surface area contributed by atoms with E-state index < -0.39 is 0 Å². The van der Waals surface area contributed by atoms with Crippen LogP contribution in [0.5, 0.6) is 0 Å². The first-order valence-electron chi connectivity index (χ1n) is 9.29. The van der Waals surface area contributed by atoms with Gasteiger partial charge in [0.1, 0.15) is 5.56 Å². The first-order valence-corrected chi connectivity index (χ1v) is 10.2. The van der Waals surface area contributed by atoms with Crippen LogP contribution in [0.3, 0.4) is 0 Å². The zero-order valence-corrected chi connectivity index (χ0v) is 16.3. The fourth-order valence-corrected chi connectivity index (χ4v) is 3.64. The molecule has 27 heavy (non-hydrogen) atoms. The van der Waals surface area contributed by atoms with Gasteiger partial charge in [-0.05, 0) is 35.9 Å². The highest BCUT2D eigenvalue weighted by Crippen LogP contribution is 2.24. The van der Waals surface area contributed by atoms with E-state index in [4.69, 9.17) is 0 Å². The van der Waals surface area contributed by atoms with Crippen LogP contribution in [0.4, 0.5) is 0 Å². The zero-order valence-electron chi connectivity index (χ0n) is 15.5. The molecule has 0 atom stereocenters. The SMILES string of the molecule is CCCCn1cc(-c2cccs2)cc(C(=O)NCCc2ccccc2)c1=O. The van der Waals surface area contributed by atoms with E-state index in [0.717, 1.165) is 35.3 Å². The number of thiophene rings is 1. The smallest absolute Gasteiger partial charge is 0.263 e. The maximum Gasteiger partial charge on any atom is 0.263 e. The molecule has 0 bridgehead atoms. The summed E-state index contributed by atoms with van der Waals surface area (Å²) in [6, 6.07) is 15.7.